The SMILES string of the molecule is CC(=O)C(NC(=O)COc1ccc(CCO)cc1)C(C)C. The molecule has 0 aromatic heterocycles. The fourth-order valence-electron chi connectivity index (χ4n) is 1.98. The molecule has 0 saturated heterocycles. The van der Waals surface area contributed by atoms with Gasteiger partial charge in [-0.15, -0.1) is 0 Å². The van der Waals surface area contributed by atoms with Gasteiger partial charge in [-0.05, 0) is 37.0 Å². The number of Topliss-reactive ketones (excluding diaryl/α,β-unsaturated/α-hetero) is 1. The zero-order chi connectivity index (χ0) is 15.8. The van der Waals surface area contributed by atoms with E-state index in [1.54, 1.807) is 12.1 Å². The molecule has 1 rings (SSSR count). The average molecular weight is 293 g/mol. The summed E-state index contributed by atoms with van der Waals surface area (Å²) in [5.74, 6) is 0.245. The van der Waals surface area contributed by atoms with Gasteiger partial charge in [-0.2, -0.15) is 0 Å². The molecule has 5 heteroatoms. The average Bonchev–Trinajstić information content (AvgIpc) is 2.43. The summed E-state index contributed by atoms with van der Waals surface area (Å²) >= 11 is 0. The predicted octanol–water partition coefficient (Wildman–Crippen LogP) is 1.33. The van der Waals surface area contributed by atoms with Crippen LogP contribution in [0.4, 0.5) is 0 Å². The topological polar surface area (TPSA) is 75.6 Å². The molecule has 21 heavy (non-hydrogen) atoms. The van der Waals surface area contributed by atoms with Crippen molar-refractivity contribution in [1.29, 1.82) is 0 Å². The Morgan fingerprint density at radius 2 is 1.86 bits per heavy atom. The van der Waals surface area contributed by atoms with E-state index in [-0.39, 0.29) is 30.8 Å². The first-order chi connectivity index (χ1) is 9.93. The number of hydrogen-bond acceptors (Lipinski definition) is 4. The number of amides is 1. The zero-order valence-electron chi connectivity index (χ0n) is 12.8. The largest absolute Gasteiger partial charge is 0.484 e. The molecule has 1 atom stereocenters. The van der Waals surface area contributed by atoms with Crippen LogP contribution in [0.3, 0.4) is 0 Å². The van der Waals surface area contributed by atoms with E-state index < -0.39 is 6.04 Å². The van der Waals surface area contributed by atoms with Crippen LogP contribution in [0.5, 0.6) is 5.75 Å². The van der Waals surface area contributed by atoms with Crippen LogP contribution in [-0.2, 0) is 16.0 Å². The van der Waals surface area contributed by atoms with Crippen molar-refractivity contribution in [3.63, 3.8) is 0 Å². The van der Waals surface area contributed by atoms with Crippen LogP contribution in [0.15, 0.2) is 24.3 Å². The molecular formula is C16H23NO4. The summed E-state index contributed by atoms with van der Waals surface area (Å²) < 4.78 is 5.38. The maximum atomic E-state index is 11.8. The third kappa shape index (κ3) is 5.95. The van der Waals surface area contributed by atoms with Crippen molar-refractivity contribution in [3.05, 3.63) is 29.8 Å². The molecule has 0 heterocycles. The third-order valence-electron chi connectivity index (χ3n) is 3.11. The van der Waals surface area contributed by atoms with Crippen molar-refractivity contribution in [2.45, 2.75) is 33.2 Å². The fourth-order valence-corrected chi connectivity index (χ4v) is 1.98. The first kappa shape index (κ1) is 17.2. The Morgan fingerprint density at radius 3 is 2.33 bits per heavy atom. The minimum Gasteiger partial charge on any atom is -0.484 e. The summed E-state index contributed by atoms with van der Waals surface area (Å²) in [4.78, 5) is 23.2. The molecule has 0 aliphatic heterocycles. The molecule has 1 unspecified atom stereocenters. The van der Waals surface area contributed by atoms with Gasteiger partial charge in [-0.3, -0.25) is 9.59 Å². The Hall–Kier alpha value is -1.88. The molecule has 116 valence electrons. The Labute approximate surface area is 125 Å². The Bertz CT molecular complexity index is 468. The smallest absolute Gasteiger partial charge is 0.258 e. The van der Waals surface area contributed by atoms with Gasteiger partial charge < -0.3 is 15.2 Å². The van der Waals surface area contributed by atoms with Gasteiger partial charge in [-0.25, -0.2) is 0 Å². The monoisotopic (exact) mass is 293 g/mol. The van der Waals surface area contributed by atoms with Crippen molar-refractivity contribution in [2.24, 2.45) is 5.92 Å². The molecule has 1 aromatic carbocycles. The van der Waals surface area contributed by atoms with Gasteiger partial charge in [0.05, 0.1) is 6.04 Å². The number of carbonyl (C=O) groups excluding carboxylic acids is 2. The van der Waals surface area contributed by atoms with Crippen molar-refractivity contribution in [2.75, 3.05) is 13.2 Å². The van der Waals surface area contributed by atoms with Crippen LogP contribution >= 0.6 is 0 Å². The number of aliphatic hydroxyl groups excluding tert-OH is 1. The molecule has 0 spiro atoms. The Balaban J connectivity index is 2.47. The van der Waals surface area contributed by atoms with Gasteiger partial charge in [0.25, 0.3) is 5.91 Å². The van der Waals surface area contributed by atoms with Crippen LogP contribution in [-0.4, -0.2) is 36.1 Å². The Morgan fingerprint density at radius 1 is 1.24 bits per heavy atom. The normalized spacial score (nSPS) is 12.0. The lowest BCUT2D eigenvalue weighted by molar-refractivity contribution is -0.129. The van der Waals surface area contributed by atoms with Gasteiger partial charge in [0.2, 0.25) is 0 Å². The highest BCUT2D eigenvalue weighted by atomic mass is 16.5. The second-order valence-corrected chi connectivity index (χ2v) is 5.31. The summed E-state index contributed by atoms with van der Waals surface area (Å²) in [6.45, 7) is 5.20. The van der Waals surface area contributed by atoms with E-state index in [4.69, 9.17) is 9.84 Å². The molecule has 0 aliphatic carbocycles. The van der Waals surface area contributed by atoms with Crippen LogP contribution < -0.4 is 10.1 Å². The van der Waals surface area contributed by atoms with Crippen LogP contribution in [0.25, 0.3) is 0 Å². The lowest BCUT2D eigenvalue weighted by Crippen LogP contribution is -2.45. The lowest BCUT2D eigenvalue weighted by atomic mass is 10.0. The fraction of sp³-hybridized carbons (Fsp3) is 0.500. The van der Waals surface area contributed by atoms with Crippen molar-refractivity contribution in [1.82, 2.24) is 5.32 Å². The molecule has 5 nitrogen and oxygen atoms in total. The lowest BCUT2D eigenvalue weighted by Gasteiger charge is -2.19. The standard InChI is InChI=1S/C16H23NO4/c1-11(2)16(12(3)19)17-15(20)10-21-14-6-4-13(5-7-14)8-9-18/h4-7,11,16,18H,8-10H2,1-3H3,(H,17,20). The van der Waals surface area contributed by atoms with Crippen molar-refractivity contribution in [3.8, 4) is 5.75 Å². The van der Waals surface area contributed by atoms with Gasteiger partial charge in [0, 0.05) is 6.61 Å². The number of aliphatic hydroxyl groups is 1. The maximum absolute atomic E-state index is 11.8. The number of rotatable bonds is 8. The van der Waals surface area contributed by atoms with E-state index >= 15 is 0 Å². The summed E-state index contributed by atoms with van der Waals surface area (Å²) in [7, 11) is 0. The van der Waals surface area contributed by atoms with Crippen LogP contribution in [0.2, 0.25) is 0 Å². The second kappa shape index (κ2) is 8.42. The molecular weight excluding hydrogens is 270 g/mol. The quantitative estimate of drug-likeness (QED) is 0.758. The Kier molecular flexibility index (Phi) is 6.88. The number of ether oxygens (including phenoxy) is 1. The van der Waals surface area contributed by atoms with E-state index in [9.17, 15) is 9.59 Å². The van der Waals surface area contributed by atoms with E-state index in [1.807, 2.05) is 26.0 Å². The summed E-state index contributed by atoms with van der Waals surface area (Å²) in [6, 6.07) is 6.71. The number of benzene rings is 1. The third-order valence-corrected chi connectivity index (χ3v) is 3.11. The number of ketones is 1. The van der Waals surface area contributed by atoms with E-state index in [1.165, 1.54) is 6.92 Å². The summed E-state index contributed by atoms with van der Waals surface area (Å²) in [5, 5.41) is 11.5. The van der Waals surface area contributed by atoms with Gasteiger partial charge in [0.1, 0.15) is 5.75 Å². The molecule has 0 bridgehead atoms. The number of hydrogen-bond donors (Lipinski definition) is 2. The molecule has 0 aliphatic rings. The van der Waals surface area contributed by atoms with Crippen molar-refractivity contribution >= 4 is 11.7 Å². The zero-order valence-corrected chi connectivity index (χ0v) is 12.8. The predicted molar refractivity (Wildman–Crippen MR) is 80.2 cm³/mol. The highest BCUT2D eigenvalue weighted by molar-refractivity contribution is 5.88. The maximum Gasteiger partial charge on any atom is 0.258 e. The second-order valence-electron chi connectivity index (χ2n) is 5.31. The van der Waals surface area contributed by atoms with E-state index in [2.05, 4.69) is 5.32 Å². The minimum absolute atomic E-state index is 0.0456. The van der Waals surface area contributed by atoms with E-state index in [0.29, 0.717) is 12.2 Å². The minimum atomic E-state index is -0.479. The van der Waals surface area contributed by atoms with Crippen molar-refractivity contribution < 1.29 is 19.4 Å². The number of carbonyl (C=O) groups is 2. The van der Waals surface area contributed by atoms with Gasteiger partial charge in [0.15, 0.2) is 12.4 Å². The van der Waals surface area contributed by atoms with Crippen LogP contribution in [0.1, 0.15) is 26.3 Å². The summed E-state index contributed by atoms with van der Waals surface area (Å²) in [6.07, 6.45) is 0.593. The molecule has 2 N–H and O–H groups in total. The summed E-state index contributed by atoms with van der Waals surface area (Å²) in [5.41, 5.74) is 1.01. The van der Waals surface area contributed by atoms with Gasteiger partial charge in [-0.1, -0.05) is 26.0 Å². The van der Waals surface area contributed by atoms with Gasteiger partial charge >= 0.3 is 0 Å². The van der Waals surface area contributed by atoms with E-state index in [0.717, 1.165) is 5.56 Å². The molecule has 1 amide bonds. The molecule has 1 aromatic rings. The molecule has 0 saturated carbocycles. The first-order valence-corrected chi connectivity index (χ1v) is 7.06. The van der Waals surface area contributed by atoms with Crippen LogP contribution in [0, 0.1) is 5.92 Å². The first-order valence-electron chi connectivity index (χ1n) is 7.06. The highest BCUT2D eigenvalue weighted by Crippen LogP contribution is 2.12. The molecule has 0 fully saturated rings. The highest BCUT2D eigenvalue weighted by Gasteiger charge is 2.20. The number of nitrogens with one attached hydrogen (secondary N) is 1. The molecule has 0 radical (unpaired) electrons.